The minimum Gasteiger partial charge on any atom is -0.388 e. The van der Waals surface area contributed by atoms with Gasteiger partial charge in [-0.05, 0) is 12.5 Å². The summed E-state index contributed by atoms with van der Waals surface area (Å²) in [6.45, 7) is 23.1. The molecule has 0 amide bonds. The topological polar surface area (TPSA) is 27.7 Å². The van der Waals surface area contributed by atoms with Crippen LogP contribution in [0, 0.1) is 5.92 Å². The maximum absolute atomic E-state index is 6.88. The van der Waals surface area contributed by atoms with Gasteiger partial charge in [0.25, 0.3) is 0 Å². The standard InChI is InChI=1S/C23H38O3Si/c1-17(2)21-18(3)20(16-24-15-19-13-11-10-12-14-19)25-27(26-21,22(4,5)6)23(7,8)9/h10-14,18,20-21H,1,15-16H2,2-9H3/t18-,20+,21-/m1/s1. The van der Waals surface area contributed by atoms with Crippen molar-refractivity contribution in [3.63, 3.8) is 0 Å². The second kappa shape index (κ2) is 8.20. The van der Waals surface area contributed by atoms with Crippen LogP contribution in [-0.2, 0) is 20.2 Å². The van der Waals surface area contributed by atoms with Crippen LogP contribution < -0.4 is 0 Å². The van der Waals surface area contributed by atoms with Gasteiger partial charge in [-0.2, -0.15) is 0 Å². The van der Waals surface area contributed by atoms with Crippen LogP contribution in [0.25, 0.3) is 0 Å². The normalized spacial score (nSPS) is 26.0. The van der Waals surface area contributed by atoms with Gasteiger partial charge in [-0.15, -0.1) is 0 Å². The lowest BCUT2D eigenvalue weighted by molar-refractivity contribution is -0.0856. The predicted octanol–water partition coefficient (Wildman–Crippen LogP) is 6.24. The summed E-state index contributed by atoms with van der Waals surface area (Å²) < 4.78 is 19.8. The molecular weight excluding hydrogens is 352 g/mol. The van der Waals surface area contributed by atoms with Crippen molar-refractivity contribution in [3.05, 3.63) is 48.0 Å². The zero-order valence-corrected chi connectivity index (χ0v) is 19.5. The van der Waals surface area contributed by atoms with Crippen molar-refractivity contribution in [2.24, 2.45) is 5.92 Å². The molecule has 1 aliphatic heterocycles. The van der Waals surface area contributed by atoms with Gasteiger partial charge < -0.3 is 13.6 Å². The van der Waals surface area contributed by atoms with Crippen LogP contribution >= 0.6 is 0 Å². The van der Waals surface area contributed by atoms with E-state index in [1.165, 1.54) is 5.56 Å². The van der Waals surface area contributed by atoms with Crippen LogP contribution in [0.2, 0.25) is 10.1 Å². The third-order valence-corrected chi connectivity index (χ3v) is 10.7. The second-order valence-electron chi connectivity index (χ2n) is 10.0. The van der Waals surface area contributed by atoms with Gasteiger partial charge in [0.2, 0.25) is 0 Å². The molecule has 27 heavy (non-hydrogen) atoms. The van der Waals surface area contributed by atoms with Crippen molar-refractivity contribution in [2.45, 2.75) is 84.3 Å². The Hall–Kier alpha value is -0.943. The SMILES string of the molecule is C=C(C)[C@H]1O[Si](C(C)(C)C)(C(C)(C)C)O[C@@H](COCc2ccccc2)[C@H]1C. The number of rotatable bonds is 5. The molecule has 0 bridgehead atoms. The Morgan fingerprint density at radius 2 is 1.59 bits per heavy atom. The molecule has 0 N–H and O–H groups in total. The summed E-state index contributed by atoms with van der Waals surface area (Å²) in [6, 6.07) is 10.3. The molecule has 1 aliphatic rings. The highest BCUT2D eigenvalue weighted by molar-refractivity contribution is 6.73. The molecular formula is C23H38O3Si. The molecule has 3 nitrogen and oxygen atoms in total. The van der Waals surface area contributed by atoms with E-state index in [1.807, 2.05) is 18.2 Å². The first-order chi connectivity index (χ1) is 12.4. The first-order valence-electron chi connectivity index (χ1n) is 10.0. The summed E-state index contributed by atoms with van der Waals surface area (Å²) >= 11 is 0. The van der Waals surface area contributed by atoms with E-state index in [9.17, 15) is 0 Å². The number of ether oxygens (including phenoxy) is 1. The van der Waals surface area contributed by atoms with E-state index in [2.05, 4.69) is 74.1 Å². The molecule has 1 aromatic rings. The van der Waals surface area contributed by atoms with E-state index in [1.54, 1.807) is 0 Å². The Morgan fingerprint density at radius 1 is 1.04 bits per heavy atom. The van der Waals surface area contributed by atoms with Gasteiger partial charge in [-0.1, -0.05) is 91.0 Å². The number of hydrogen-bond donors (Lipinski definition) is 0. The van der Waals surface area contributed by atoms with Crippen LogP contribution in [0.15, 0.2) is 42.5 Å². The lowest BCUT2D eigenvalue weighted by atomic mass is 9.94. The summed E-state index contributed by atoms with van der Waals surface area (Å²) in [5.74, 6) is 0.212. The van der Waals surface area contributed by atoms with Gasteiger partial charge in [-0.3, -0.25) is 0 Å². The summed E-state index contributed by atoms with van der Waals surface area (Å²) in [5.41, 5.74) is 2.26. The van der Waals surface area contributed by atoms with E-state index < -0.39 is 8.56 Å². The Labute approximate surface area is 167 Å². The van der Waals surface area contributed by atoms with Gasteiger partial charge in [0.1, 0.15) is 0 Å². The Balaban J connectivity index is 2.25. The van der Waals surface area contributed by atoms with E-state index in [0.717, 1.165) is 5.57 Å². The third kappa shape index (κ3) is 4.73. The van der Waals surface area contributed by atoms with Crippen LogP contribution in [0.4, 0.5) is 0 Å². The van der Waals surface area contributed by atoms with Crippen LogP contribution in [0.1, 0.15) is 61.0 Å². The molecule has 152 valence electrons. The molecule has 0 radical (unpaired) electrons. The molecule has 1 aromatic carbocycles. The largest absolute Gasteiger partial charge is 0.388 e. The Bertz CT molecular complexity index is 613. The first kappa shape index (κ1) is 22.3. The maximum Gasteiger partial charge on any atom is 0.350 e. The fourth-order valence-electron chi connectivity index (χ4n) is 4.26. The number of hydrogen-bond acceptors (Lipinski definition) is 3. The fourth-order valence-corrected chi connectivity index (χ4v) is 9.47. The molecule has 1 fully saturated rings. The highest BCUT2D eigenvalue weighted by Crippen LogP contribution is 2.56. The Kier molecular flexibility index (Phi) is 6.79. The summed E-state index contributed by atoms with van der Waals surface area (Å²) in [7, 11) is -2.59. The smallest absolute Gasteiger partial charge is 0.350 e. The summed E-state index contributed by atoms with van der Waals surface area (Å²) in [6.07, 6.45) is 0.0171. The zero-order valence-electron chi connectivity index (χ0n) is 18.5. The lowest BCUT2D eigenvalue weighted by Gasteiger charge is -2.57. The maximum atomic E-state index is 6.88. The van der Waals surface area contributed by atoms with Gasteiger partial charge in [0, 0.05) is 16.0 Å². The minimum atomic E-state index is -2.59. The van der Waals surface area contributed by atoms with Gasteiger partial charge >= 0.3 is 8.56 Å². The monoisotopic (exact) mass is 390 g/mol. The van der Waals surface area contributed by atoms with Crippen molar-refractivity contribution >= 4 is 8.56 Å². The van der Waals surface area contributed by atoms with E-state index in [-0.39, 0.29) is 28.2 Å². The lowest BCUT2D eigenvalue weighted by Crippen LogP contribution is -2.66. The molecule has 4 heteroatoms. The highest BCUT2D eigenvalue weighted by atomic mass is 28.4. The average Bonchev–Trinajstić information content (AvgIpc) is 2.55. The van der Waals surface area contributed by atoms with E-state index in [4.69, 9.17) is 13.6 Å². The van der Waals surface area contributed by atoms with Crippen molar-refractivity contribution < 1.29 is 13.6 Å². The second-order valence-corrected chi connectivity index (χ2v) is 14.7. The molecule has 0 aliphatic carbocycles. The van der Waals surface area contributed by atoms with Crippen molar-refractivity contribution in [1.29, 1.82) is 0 Å². The van der Waals surface area contributed by atoms with Crippen LogP contribution in [0.5, 0.6) is 0 Å². The molecule has 1 heterocycles. The third-order valence-electron chi connectivity index (χ3n) is 5.53. The van der Waals surface area contributed by atoms with E-state index in [0.29, 0.717) is 13.2 Å². The highest BCUT2D eigenvalue weighted by Gasteiger charge is 2.63. The molecule has 3 atom stereocenters. The van der Waals surface area contributed by atoms with Crippen LogP contribution in [0.3, 0.4) is 0 Å². The van der Waals surface area contributed by atoms with Gasteiger partial charge in [0.05, 0.1) is 25.4 Å². The quantitative estimate of drug-likeness (QED) is 0.440. The molecule has 1 saturated heterocycles. The summed E-state index contributed by atoms with van der Waals surface area (Å²) in [4.78, 5) is 0. The average molecular weight is 391 g/mol. The molecule has 0 spiro atoms. The van der Waals surface area contributed by atoms with Crippen LogP contribution in [-0.4, -0.2) is 27.4 Å². The minimum absolute atomic E-state index is 0.00851. The molecule has 0 saturated carbocycles. The van der Waals surface area contributed by atoms with E-state index >= 15 is 0 Å². The molecule has 0 unspecified atom stereocenters. The van der Waals surface area contributed by atoms with Crippen molar-refractivity contribution in [1.82, 2.24) is 0 Å². The fraction of sp³-hybridized carbons (Fsp3) is 0.652. The predicted molar refractivity (Wildman–Crippen MR) is 115 cm³/mol. The first-order valence-corrected chi connectivity index (χ1v) is 11.8. The summed E-state index contributed by atoms with van der Waals surface area (Å²) in [5, 5.41) is -0.118. The number of benzene rings is 1. The zero-order chi connectivity index (χ0) is 20.5. The molecule has 0 aromatic heterocycles. The van der Waals surface area contributed by atoms with Gasteiger partial charge in [-0.25, -0.2) is 0 Å². The Morgan fingerprint density at radius 3 is 2.07 bits per heavy atom. The van der Waals surface area contributed by atoms with Crippen molar-refractivity contribution in [2.75, 3.05) is 6.61 Å². The van der Waals surface area contributed by atoms with Gasteiger partial charge in [0.15, 0.2) is 0 Å². The molecule has 2 rings (SSSR count). The van der Waals surface area contributed by atoms with Crippen molar-refractivity contribution in [3.8, 4) is 0 Å².